The van der Waals surface area contributed by atoms with E-state index in [-0.39, 0.29) is 35.2 Å². The molecule has 1 atom stereocenters. The summed E-state index contributed by atoms with van der Waals surface area (Å²) in [4.78, 5) is 64.3. The number of para-hydroxylation sites is 1. The van der Waals surface area contributed by atoms with Gasteiger partial charge in [-0.15, -0.1) is 10.2 Å². The van der Waals surface area contributed by atoms with Crippen LogP contribution in [0.4, 0.5) is 4.79 Å². The average molecular weight is 735 g/mol. The van der Waals surface area contributed by atoms with Crippen molar-refractivity contribution in [2.75, 3.05) is 39.3 Å². The molecule has 0 bridgehead atoms. The summed E-state index contributed by atoms with van der Waals surface area (Å²) in [5, 5.41) is 29.3. The van der Waals surface area contributed by atoms with Crippen molar-refractivity contribution in [1.82, 2.24) is 50.4 Å². The standard InChI is InChI=1S/C39H46N10O5/c1-23-18-24(19-28-22-40-44-33(23)28)20-32(42-39(54)49-14-6-25(7-15-49)30-21-27-4-2-3-5-31(27)41-36(30)50)37(51)48-16-10-29(11-17-48)47-12-8-26(9-13-47)34-43-35(38(52)53)46-45-34/h2-5,18-19,21-22,25-26,29,32H,6-17,20H2,1H3,(H,40,44)(H,41,50)(H,42,54)(H,52,53)(H,43,45,46)/t32-/m1/s1. The van der Waals surface area contributed by atoms with Crippen molar-refractivity contribution in [3.05, 3.63) is 87.4 Å². The van der Waals surface area contributed by atoms with Crippen LogP contribution in [0.15, 0.2) is 53.5 Å². The second-order valence-electron chi connectivity index (χ2n) is 15.1. The van der Waals surface area contributed by atoms with Crippen LogP contribution < -0.4 is 10.9 Å². The Bertz CT molecular complexity index is 2220. The summed E-state index contributed by atoms with van der Waals surface area (Å²) in [5.41, 5.74) is 4.42. The number of H-pyrrole nitrogens is 3. The molecule has 2 aromatic carbocycles. The van der Waals surface area contributed by atoms with Gasteiger partial charge in [-0.3, -0.25) is 14.7 Å². The van der Waals surface area contributed by atoms with Crippen LogP contribution in [0.5, 0.6) is 0 Å². The molecule has 0 unspecified atom stereocenters. The van der Waals surface area contributed by atoms with Crippen LogP contribution in [-0.2, 0) is 11.2 Å². The zero-order valence-electron chi connectivity index (χ0n) is 30.4. The third-order valence-electron chi connectivity index (χ3n) is 11.8. The molecule has 15 heteroatoms. The fourth-order valence-corrected chi connectivity index (χ4v) is 8.73. The normalized spacial score (nSPS) is 18.7. The summed E-state index contributed by atoms with van der Waals surface area (Å²) in [7, 11) is 0. The minimum absolute atomic E-state index is 0.0449. The molecule has 3 aromatic heterocycles. The number of carbonyl (C=O) groups is 3. The second kappa shape index (κ2) is 15.0. The number of nitrogens with zero attached hydrogens (tertiary/aromatic N) is 6. The monoisotopic (exact) mass is 734 g/mol. The number of aromatic amines is 3. The Labute approximate surface area is 311 Å². The van der Waals surface area contributed by atoms with E-state index in [1.165, 1.54) is 0 Å². The molecular weight excluding hydrogens is 688 g/mol. The van der Waals surface area contributed by atoms with Crippen LogP contribution in [-0.4, -0.2) is 119 Å². The number of rotatable bonds is 8. The number of hydrogen-bond donors (Lipinski definition) is 5. The Balaban J connectivity index is 0.907. The van der Waals surface area contributed by atoms with Crippen molar-refractivity contribution < 1.29 is 19.5 Å². The maximum atomic E-state index is 14.3. The van der Waals surface area contributed by atoms with Crippen molar-refractivity contribution in [2.45, 2.75) is 75.8 Å². The maximum absolute atomic E-state index is 14.3. The number of carbonyl (C=O) groups excluding carboxylic acids is 2. The fraction of sp³-hybridized carbons (Fsp3) is 0.462. The highest BCUT2D eigenvalue weighted by atomic mass is 16.4. The zero-order valence-corrected chi connectivity index (χ0v) is 30.4. The molecule has 54 heavy (non-hydrogen) atoms. The molecule has 5 N–H and O–H groups in total. The van der Waals surface area contributed by atoms with Crippen LogP contribution in [0.25, 0.3) is 21.8 Å². The lowest BCUT2D eigenvalue weighted by Gasteiger charge is -2.42. The third-order valence-corrected chi connectivity index (χ3v) is 11.8. The van der Waals surface area contributed by atoms with E-state index < -0.39 is 12.0 Å². The SMILES string of the molecule is Cc1cc(C[C@@H](NC(=O)N2CCC(c3cc4ccccc4[nH]c3=O)CC2)C(=O)N2CCC(N3CCC(c4nnc(C(=O)O)[nH]4)CC3)CC2)cc2cn[nH]c12. The molecule has 0 radical (unpaired) electrons. The quantitative estimate of drug-likeness (QED) is 0.157. The molecule has 282 valence electrons. The lowest BCUT2D eigenvalue weighted by Crippen LogP contribution is -2.56. The smallest absolute Gasteiger partial charge is 0.373 e. The van der Waals surface area contributed by atoms with Crippen molar-refractivity contribution >= 4 is 39.7 Å². The molecule has 3 aliphatic heterocycles. The first-order valence-corrected chi connectivity index (χ1v) is 19.0. The van der Waals surface area contributed by atoms with E-state index >= 15 is 0 Å². The molecule has 0 spiro atoms. The lowest BCUT2D eigenvalue weighted by atomic mass is 9.89. The average Bonchev–Trinajstić information content (AvgIpc) is 3.89. The number of aromatic carboxylic acids is 1. The summed E-state index contributed by atoms with van der Waals surface area (Å²) in [6.07, 6.45) is 6.85. The second-order valence-corrected chi connectivity index (χ2v) is 15.1. The molecule has 5 aromatic rings. The van der Waals surface area contributed by atoms with Crippen molar-refractivity contribution in [3.8, 4) is 0 Å². The number of hydrogen-bond acceptors (Lipinski definition) is 8. The molecule has 3 fully saturated rings. The van der Waals surface area contributed by atoms with Gasteiger partial charge in [-0.2, -0.15) is 5.10 Å². The van der Waals surface area contributed by atoms with E-state index in [1.54, 1.807) is 11.1 Å². The fourth-order valence-electron chi connectivity index (χ4n) is 8.73. The molecule has 3 aliphatic rings. The number of aromatic nitrogens is 6. The van der Waals surface area contributed by atoms with E-state index in [4.69, 9.17) is 0 Å². The Morgan fingerprint density at radius 1 is 0.870 bits per heavy atom. The van der Waals surface area contributed by atoms with Gasteiger partial charge in [0.1, 0.15) is 11.9 Å². The van der Waals surface area contributed by atoms with Crippen LogP contribution in [0.1, 0.15) is 83.5 Å². The van der Waals surface area contributed by atoms with E-state index in [0.717, 1.165) is 77.3 Å². The molecule has 15 nitrogen and oxygen atoms in total. The van der Waals surface area contributed by atoms with Gasteiger partial charge in [-0.1, -0.05) is 24.3 Å². The van der Waals surface area contributed by atoms with E-state index in [9.17, 15) is 24.3 Å². The number of carboxylic acid groups (broad SMARTS) is 1. The number of pyridine rings is 1. The van der Waals surface area contributed by atoms with E-state index in [0.29, 0.717) is 57.3 Å². The van der Waals surface area contributed by atoms with Crippen molar-refractivity contribution in [1.29, 1.82) is 0 Å². The van der Waals surface area contributed by atoms with Gasteiger partial charge < -0.3 is 35.1 Å². The number of benzene rings is 2. The number of likely N-dealkylation sites (tertiary alicyclic amines) is 3. The first-order chi connectivity index (χ1) is 26.2. The molecule has 0 saturated carbocycles. The van der Waals surface area contributed by atoms with Crippen molar-refractivity contribution in [2.24, 2.45) is 0 Å². The zero-order chi connectivity index (χ0) is 37.3. The largest absolute Gasteiger partial charge is 0.475 e. The summed E-state index contributed by atoms with van der Waals surface area (Å²) in [5.74, 6) is -0.501. The van der Waals surface area contributed by atoms with Crippen LogP contribution in [0, 0.1) is 6.92 Å². The highest BCUT2D eigenvalue weighted by Gasteiger charge is 2.35. The van der Waals surface area contributed by atoms with Gasteiger partial charge in [0.2, 0.25) is 11.7 Å². The molecule has 0 aliphatic carbocycles. The third kappa shape index (κ3) is 7.32. The molecule has 8 rings (SSSR count). The van der Waals surface area contributed by atoms with Gasteiger partial charge in [-0.05, 0) is 99.2 Å². The number of fused-ring (bicyclic) bond motifs is 2. The topological polar surface area (TPSA) is 196 Å². The summed E-state index contributed by atoms with van der Waals surface area (Å²) in [6.45, 7) is 5.93. The predicted octanol–water partition coefficient (Wildman–Crippen LogP) is 3.90. The molecule has 6 heterocycles. The Morgan fingerprint density at radius 2 is 1.59 bits per heavy atom. The summed E-state index contributed by atoms with van der Waals surface area (Å²) in [6, 6.07) is 13.1. The number of carboxylic acids is 1. The minimum atomic E-state index is -1.11. The predicted molar refractivity (Wildman–Crippen MR) is 201 cm³/mol. The number of piperidine rings is 3. The van der Waals surface area contributed by atoms with Crippen molar-refractivity contribution in [3.63, 3.8) is 0 Å². The molecular formula is C39H46N10O5. The molecule has 3 amide bonds. The minimum Gasteiger partial charge on any atom is -0.475 e. The highest BCUT2D eigenvalue weighted by Crippen LogP contribution is 2.30. The number of aryl methyl sites for hydroxylation is 1. The number of nitrogens with one attached hydrogen (secondary N) is 4. The Kier molecular flexibility index (Phi) is 9.88. The lowest BCUT2D eigenvalue weighted by molar-refractivity contribution is -0.135. The Morgan fingerprint density at radius 3 is 2.33 bits per heavy atom. The van der Waals surface area contributed by atoms with E-state index in [2.05, 4.69) is 46.6 Å². The van der Waals surface area contributed by atoms with Crippen LogP contribution in [0.2, 0.25) is 0 Å². The van der Waals surface area contributed by atoms with Crippen LogP contribution >= 0.6 is 0 Å². The van der Waals surface area contributed by atoms with Gasteiger partial charge in [0.05, 0.1) is 11.7 Å². The van der Waals surface area contributed by atoms with E-state index in [1.807, 2.05) is 48.2 Å². The summed E-state index contributed by atoms with van der Waals surface area (Å²) < 4.78 is 0. The molecule has 3 saturated heterocycles. The van der Waals surface area contributed by atoms with Crippen LogP contribution in [0.3, 0.4) is 0 Å². The Hall–Kier alpha value is -5.57. The number of amides is 3. The first-order valence-electron chi connectivity index (χ1n) is 19.0. The summed E-state index contributed by atoms with van der Waals surface area (Å²) >= 11 is 0. The van der Waals surface area contributed by atoms with Gasteiger partial charge in [0.25, 0.3) is 5.56 Å². The van der Waals surface area contributed by atoms with Gasteiger partial charge in [0, 0.05) is 61.0 Å². The van der Waals surface area contributed by atoms with Gasteiger partial charge >= 0.3 is 12.0 Å². The number of urea groups is 1. The maximum Gasteiger partial charge on any atom is 0.373 e. The highest BCUT2D eigenvalue weighted by molar-refractivity contribution is 5.88. The van der Waals surface area contributed by atoms with Gasteiger partial charge in [-0.25, -0.2) is 9.59 Å². The van der Waals surface area contributed by atoms with Gasteiger partial charge in [0.15, 0.2) is 0 Å². The first kappa shape index (κ1) is 35.5.